The fourth-order valence-corrected chi connectivity index (χ4v) is 2.81. The second kappa shape index (κ2) is 8.01. The number of rotatable bonds is 4. The molecule has 0 aromatic rings. The molecule has 0 aromatic carbocycles. The van der Waals surface area contributed by atoms with Gasteiger partial charge in [0, 0.05) is 11.6 Å². The van der Waals surface area contributed by atoms with Gasteiger partial charge >= 0.3 is 6.09 Å². The van der Waals surface area contributed by atoms with Crippen molar-refractivity contribution in [3.8, 4) is 6.07 Å². The van der Waals surface area contributed by atoms with Crippen molar-refractivity contribution in [2.45, 2.75) is 96.9 Å². The summed E-state index contributed by atoms with van der Waals surface area (Å²) in [6.45, 7) is 11.8. The van der Waals surface area contributed by atoms with Gasteiger partial charge in [-0.2, -0.15) is 5.26 Å². The third-order valence-electron chi connectivity index (χ3n) is 3.99. The normalized spacial score (nSPS) is 18.1. The van der Waals surface area contributed by atoms with Crippen LogP contribution in [0.1, 0.15) is 73.6 Å². The maximum Gasteiger partial charge on any atom is 0.410 e. The van der Waals surface area contributed by atoms with E-state index in [0.717, 1.165) is 12.8 Å². The van der Waals surface area contributed by atoms with Gasteiger partial charge in [-0.25, -0.2) is 4.79 Å². The van der Waals surface area contributed by atoms with Crippen LogP contribution in [-0.2, 0) is 4.74 Å². The van der Waals surface area contributed by atoms with Crippen molar-refractivity contribution in [3.05, 3.63) is 0 Å². The second-order valence-corrected chi connectivity index (χ2v) is 8.45. The van der Waals surface area contributed by atoms with Crippen molar-refractivity contribution >= 4 is 6.09 Å². The first-order valence-electron chi connectivity index (χ1n) is 8.69. The molecule has 5 heteroatoms. The van der Waals surface area contributed by atoms with Crippen LogP contribution in [0, 0.1) is 11.3 Å². The van der Waals surface area contributed by atoms with Crippen LogP contribution < -0.4 is 5.32 Å². The Balaban J connectivity index is 2.74. The van der Waals surface area contributed by atoms with Crippen LogP contribution in [0.4, 0.5) is 4.79 Å². The van der Waals surface area contributed by atoms with Gasteiger partial charge in [0.15, 0.2) is 0 Å². The zero-order valence-corrected chi connectivity index (χ0v) is 15.6. The summed E-state index contributed by atoms with van der Waals surface area (Å²) in [5.74, 6) is 0. The largest absolute Gasteiger partial charge is 0.444 e. The van der Waals surface area contributed by atoms with Crippen LogP contribution in [0.5, 0.6) is 0 Å². The minimum atomic E-state index is -0.542. The Morgan fingerprint density at radius 3 is 2.22 bits per heavy atom. The predicted molar refractivity (Wildman–Crippen MR) is 92.1 cm³/mol. The molecule has 0 saturated heterocycles. The van der Waals surface area contributed by atoms with Crippen molar-refractivity contribution in [2.24, 2.45) is 0 Å². The number of nitriles is 1. The minimum absolute atomic E-state index is 0.339. The molecule has 0 spiro atoms. The van der Waals surface area contributed by atoms with Crippen LogP contribution >= 0.6 is 0 Å². The Bertz CT molecular complexity index is 423. The van der Waals surface area contributed by atoms with Crippen molar-refractivity contribution in [2.75, 3.05) is 6.54 Å². The Morgan fingerprint density at radius 2 is 1.78 bits per heavy atom. The molecule has 1 rings (SSSR count). The molecule has 1 atom stereocenters. The van der Waals surface area contributed by atoms with Gasteiger partial charge in [-0.1, -0.05) is 19.3 Å². The number of carbonyl (C=O) groups excluding carboxylic acids is 1. The van der Waals surface area contributed by atoms with E-state index in [1.54, 1.807) is 4.90 Å². The third kappa shape index (κ3) is 7.22. The topological polar surface area (TPSA) is 65.4 Å². The molecule has 0 aliphatic heterocycles. The van der Waals surface area contributed by atoms with Gasteiger partial charge in [0.2, 0.25) is 0 Å². The minimum Gasteiger partial charge on any atom is -0.444 e. The summed E-state index contributed by atoms with van der Waals surface area (Å²) in [6, 6.07) is 2.32. The van der Waals surface area contributed by atoms with Crippen molar-refractivity contribution in [3.63, 3.8) is 0 Å². The molecule has 1 fully saturated rings. The predicted octanol–water partition coefficient (Wildman–Crippen LogP) is 3.84. The van der Waals surface area contributed by atoms with Gasteiger partial charge in [0.25, 0.3) is 0 Å². The summed E-state index contributed by atoms with van der Waals surface area (Å²) >= 11 is 0. The van der Waals surface area contributed by atoms with Gasteiger partial charge in [-0.15, -0.1) is 0 Å². The molecule has 1 saturated carbocycles. The Morgan fingerprint density at radius 1 is 1.22 bits per heavy atom. The number of carbonyl (C=O) groups is 1. The lowest BCUT2D eigenvalue weighted by atomic mass is 9.95. The molecule has 0 bridgehead atoms. The summed E-state index contributed by atoms with van der Waals surface area (Å²) in [5.41, 5.74) is -0.939. The molecular weight excluding hydrogens is 290 g/mol. The van der Waals surface area contributed by atoms with E-state index in [1.807, 2.05) is 41.5 Å². The molecule has 5 nitrogen and oxygen atoms in total. The summed E-state index contributed by atoms with van der Waals surface area (Å²) in [7, 11) is 0. The van der Waals surface area contributed by atoms with Crippen LogP contribution in [0.25, 0.3) is 0 Å². The van der Waals surface area contributed by atoms with Crippen molar-refractivity contribution in [1.82, 2.24) is 10.2 Å². The number of nitrogens with one attached hydrogen (secondary N) is 1. The Kier molecular flexibility index (Phi) is 6.88. The first-order chi connectivity index (χ1) is 10.5. The molecule has 1 aliphatic rings. The van der Waals surface area contributed by atoms with E-state index in [9.17, 15) is 10.1 Å². The monoisotopic (exact) mass is 323 g/mol. The molecule has 0 aromatic heterocycles. The van der Waals surface area contributed by atoms with Crippen molar-refractivity contribution < 1.29 is 9.53 Å². The molecule has 1 amide bonds. The maximum absolute atomic E-state index is 12.5. The molecule has 132 valence electrons. The van der Waals surface area contributed by atoms with Gasteiger partial charge in [0.05, 0.1) is 12.6 Å². The zero-order valence-electron chi connectivity index (χ0n) is 15.6. The summed E-state index contributed by atoms with van der Waals surface area (Å²) in [4.78, 5) is 14.2. The SMILES string of the molecule is CC(C)(C)OC(=O)N(CC(C#N)NC1CCCCC1)C(C)(C)C. The van der Waals surface area contributed by atoms with E-state index in [-0.39, 0.29) is 12.1 Å². The zero-order chi connectivity index (χ0) is 17.7. The lowest BCUT2D eigenvalue weighted by Gasteiger charge is -2.38. The fraction of sp³-hybridized carbons (Fsp3) is 0.889. The highest BCUT2D eigenvalue weighted by Gasteiger charge is 2.33. The highest BCUT2D eigenvalue weighted by atomic mass is 16.6. The van der Waals surface area contributed by atoms with Gasteiger partial charge in [0.1, 0.15) is 11.6 Å². The summed E-state index contributed by atoms with van der Waals surface area (Å²) in [5, 5.41) is 12.9. The average Bonchev–Trinajstić information content (AvgIpc) is 2.41. The Labute approximate surface area is 141 Å². The van der Waals surface area contributed by atoms with Gasteiger partial charge in [-0.05, 0) is 54.4 Å². The molecule has 23 heavy (non-hydrogen) atoms. The van der Waals surface area contributed by atoms with Crippen LogP contribution in [-0.4, -0.2) is 40.8 Å². The quantitative estimate of drug-likeness (QED) is 0.853. The third-order valence-corrected chi connectivity index (χ3v) is 3.99. The first kappa shape index (κ1) is 19.8. The van der Waals surface area contributed by atoms with Crippen LogP contribution in [0.15, 0.2) is 0 Å². The van der Waals surface area contributed by atoms with Crippen LogP contribution in [0.3, 0.4) is 0 Å². The van der Waals surface area contributed by atoms with E-state index in [4.69, 9.17) is 4.74 Å². The van der Waals surface area contributed by atoms with Gasteiger partial charge in [-0.3, -0.25) is 5.32 Å². The lowest BCUT2D eigenvalue weighted by molar-refractivity contribution is 0.00469. The molecule has 1 N–H and O–H groups in total. The highest BCUT2D eigenvalue weighted by Crippen LogP contribution is 2.21. The number of nitrogens with zero attached hydrogens (tertiary/aromatic N) is 2. The molecule has 0 radical (unpaired) electrons. The molecular formula is C18H33N3O2. The van der Waals surface area contributed by atoms with Crippen LogP contribution in [0.2, 0.25) is 0 Å². The van der Waals surface area contributed by atoms with Gasteiger partial charge < -0.3 is 9.64 Å². The molecule has 0 heterocycles. The average molecular weight is 323 g/mol. The maximum atomic E-state index is 12.5. The number of ether oxygens (including phenoxy) is 1. The smallest absolute Gasteiger partial charge is 0.410 e. The lowest BCUT2D eigenvalue weighted by Crippen LogP contribution is -2.54. The van der Waals surface area contributed by atoms with Crippen molar-refractivity contribution in [1.29, 1.82) is 5.26 Å². The second-order valence-electron chi connectivity index (χ2n) is 8.45. The van der Waals surface area contributed by atoms with E-state index in [2.05, 4.69) is 11.4 Å². The number of hydrogen-bond donors (Lipinski definition) is 1. The van der Waals surface area contributed by atoms with E-state index < -0.39 is 11.1 Å². The summed E-state index contributed by atoms with van der Waals surface area (Å²) < 4.78 is 5.51. The number of amides is 1. The van der Waals surface area contributed by atoms with E-state index in [0.29, 0.717) is 12.6 Å². The molecule has 1 aliphatic carbocycles. The van der Waals surface area contributed by atoms with E-state index >= 15 is 0 Å². The standard InChI is InChI=1S/C18H33N3O2/c1-17(2,3)21(16(22)23-18(4,5)6)13-15(12-19)20-14-10-8-7-9-11-14/h14-15,20H,7-11,13H2,1-6H3. The Hall–Kier alpha value is -1.28. The highest BCUT2D eigenvalue weighted by molar-refractivity contribution is 5.69. The number of hydrogen-bond acceptors (Lipinski definition) is 4. The molecule has 1 unspecified atom stereocenters. The fourth-order valence-electron chi connectivity index (χ4n) is 2.81. The first-order valence-corrected chi connectivity index (χ1v) is 8.69. The van der Waals surface area contributed by atoms with E-state index in [1.165, 1.54) is 19.3 Å². The summed E-state index contributed by atoms with van der Waals surface area (Å²) in [6.07, 6.45) is 5.56.